The predicted octanol–water partition coefficient (Wildman–Crippen LogP) is 3.37. The zero-order valence-corrected chi connectivity index (χ0v) is 12.6. The first-order chi connectivity index (χ1) is 9.67. The molecule has 0 aliphatic carbocycles. The van der Waals surface area contributed by atoms with Crippen LogP contribution in [0, 0.1) is 0 Å². The van der Waals surface area contributed by atoms with E-state index in [1.807, 2.05) is 19.1 Å². The molecule has 0 saturated heterocycles. The van der Waals surface area contributed by atoms with Gasteiger partial charge in [-0.3, -0.25) is 4.79 Å². The van der Waals surface area contributed by atoms with Crippen molar-refractivity contribution in [2.45, 2.75) is 45.6 Å². The topological polar surface area (TPSA) is 50.7 Å². The lowest BCUT2D eigenvalue weighted by Gasteiger charge is -2.13. The van der Waals surface area contributed by atoms with Crippen molar-refractivity contribution in [2.75, 3.05) is 7.11 Å². The van der Waals surface area contributed by atoms with Crippen molar-refractivity contribution in [1.29, 1.82) is 0 Å². The van der Waals surface area contributed by atoms with Crippen LogP contribution in [-0.2, 0) is 4.84 Å². The molecule has 0 spiro atoms. The third-order valence-corrected chi connectivity index (χ3v) is 3.10. The zero-order valence-electron chi connectivity index (χ0n) is 12.6. The molecule has 1 rings (SSSR count). The minimum Gasteiger partial charge on any atom is -0.399 e. The lowest BCUT2D eigenvalue weighted by Crippen LogP contribution is -2.32. The number of rotatable bonds is 8. The third kappa shape index (κ3) is 5.87. The van der Waals surface area contributed by atoms with E-state index >= 15 is 0 Å². The molecule has 0 saturated carbocycles. The number of nitrogens with zero attached hydrogens (tertiary/aromatic N) is 1. The molecule has 0 bridgehead atoms. The normalized spacial score (nSPS) is 12.3. The molecule has 4 heteroatoms. The van der Waals surface area contributed by atoms with Crippen LogP contribution in [0.5, 0.6) is 0 Å². The van der Waals surface area contributed by atoms with Crippen LogP contribution in [0.4, 0.5) is 0 Å². The maximum atomic E-state index is 12.0. The summed E-state index contributed by atoms with van der Waals surface area (Å²) in [6, 6.07) is 7.50. The van der Waals surface area contributed by atoms with Crippen LogP contribution in [0.15, 0.2) is 29.4 Å². The summed E-state index contributed by atoms with van der Waals surface area (Å²) in [7, 11) is 1.50. The SMILES string of the molecule is CCCCCC(C)NC(=O)c1ccc(C=NOC)cc1. The fourth-order valence-corrected chi connectivity index (χ4v) is 1.91. The van der Waals surface area contributed by atoms with Crippen molar-refractivity contribution in [3.05, 3.63) is 35.4 Å². The second-order valence-corrected chi connectivity index (χ2v) is 4.91. The van der Waals surface area contributed by atoms with Gasteiger partial charge in [-0.1, -0.05) is 43.5 Å². The van der Waals surface area contributed by atoms with Crippen LogP contribution in [-0.4, -0.2) is 25.3 Å². The molecule has 1 aromatic carbocycles. The molecule has 1 unspecified atom stereocenters. The lowest BCUT2D eigenvalue weighted by atomic mass is 10.1. The van der Waals surface area contributed by atoms with Crippen LogP contribution in [0.25, 0.3) is 0 Å². The fourth-order valence-electron chi connectivity index (χ4n) is 1.91. The van der Waals surface area contributed by atoms with Gasteiger partial charge in [-0.2, -0.15) is 0 Å². The number of carbonyl (C=O) groups is 1. The highest BCUT2D eigenvalue weighted by Gasteiger charge is 2.09. The van der Waals surface area contributed by atoms with Crippen molar-refractivity contribution < 1.29 is 9.63 Å². The molecule has 1 amide bonds. The van der Waals surface area contributed by atoms with Gasteiger partial charge in [0.15, 0.2) is 0 Å². The molecule has 1 aromatic rings. The van der Waals surface area contributed by atoms with Gasteiger partial charge in [-0.15, -0.1) is 0 Å². The summed E-state index contributed by atoms with van der Waals surface area (Å²) < 4.78 is 0. The zero-order chi connectivity index (χ0) is 14.8. The van der Waals surface area contributed by atoms with Crippen molar-refractivity contribution >= 4 is 12.1 Å². The number of unbranched alkanes of at least 4 members (excludes halogenated alkanes) is 2. The number of nitrogens with one attached hydrogen (secondary N) is 1. The van der Waals surface area contributed by atoms with Crippen LogP contribution in [0.3, 0.4) is 0 Å². The highest BCUT2D eigenvalue weighted by atomic mass is 16.6. The molecule has 0 aromatic heterocycles. The van der Waals surface area contributed by atoms with Gasteiger partial charge in [-0.25, -0.2) is 0 Å². The molecule has 0 aliphatic rings. The quantitative estimate of drug-likeness (QED) is 0.449. The van der Waals surface area contributed by atoms with E-state index in [2.05, 4.69) is 22.2 Å². The standard InChI is InChI=1S/C16H24N2O2/c1-4-5-6-7-13(2)18-16(19)15-10-8-14(9-11-15)12-17-20-3/h8-13H,4-7H2,1-3H3,(H,18,19). The molecule has 4 nitrogen and oxygen atoms in total. The summed E-state index contributed by atoms with van der Waals surface area (Å²) in [5, 5.41) is 6.70. The van der Waals surface area contributed by atoms with Gasteiger partial charge in [0.05, 0.1) is 6.21 Å². The molecule has 20 heavy (non-hydrogen) atoms. The van der Waals surface area contributed by atoms with E-state index in [0.717, 1.165) is 18.4 Å². The molecular formula is C16H24N2O2. The molecule has 1 atom stereocenters. The Labute approximate surface area is 121 Å². The molecule has 0 heterocycles. The van der Waals surface area contributed by atoms with Crippen molar-refractivity contribution in [1.82, 2.24) is 5.32 Å². The minimum atomic E-state index is -0.0239. The lowest BCUT2D eigenvalue weighted by molar-refractivity contribution is 0.0938. The highest BCUT2D eigenvalue weighted by Crippen LogP contribution is 2.06. The van der Waals surface area contributed by atoms with Gasteiger partial charge in [0.1, 0.15) is 7.11 Å². The van der Waals surface area contributed by atoms with E-state index in [-0.39, 0.29) is 11.9 Å². The fraction of sp³-hybridized carbons (Fsp3) is 0.500. The number of benzene rings is 1. The van der Waals surface area contributed by atoms with Crippen molar-refractivity contribution in [2.24, 2.45) is 5.16 Å². The van der Waals surface area contributed by atoms with E-state index in [0.29, 0.717) is 5.56 Å². The Kier molecular flexibility index (Phi) is 7.40. The first-order valence-corrected chi connectivity index (χ1v) is 7.14. The number of oxime groups is 1. The smallest absolute Gasteiger partial charge is 0.251 e. The van der Waals surface area contributed by atoms with E-state index in [1.165, 1.54) is 20.0 Å². The van der Waals surface area contributed by atoms with Gasteiger partial charge in [-0.05, 0) is 31.0 Å². The summed E-state index contributed by atoms with van der Waals surface area (Å²) in [5.41, 5.74) is 1.57. The van der Waals surface area contributed by atoms with Gasteiger partial charge in [0.25, 0.3) is 5.91 Å². The molecule has 0 fully saturated rings. The van der Waals surface area contributed by atoms with E-state index < -0.39 is 0 Å². The van der Waals surface area contributed by atoms with Crippen LogP contribution < -0.4 is 5.32 Å². The Bertz CT molecular complexity index is 427. The number of hydrogen-bond donors (Lipinski definition) is 1. The molecular weight excluding hydrogens is 252 g/mol. The second-order valence-electron chi connectivity index (χ2n) is 4.91. The Morgan fingerprint density at radius 1 is 1.35 bits per heavy atom. The van der Waals surface area contributed by atoms with E-state index in [4.69, 9.17) is 0 Å². The molecule has 0 aliphatic heterocycles. The van der Waals surface area contributed by atoms with Crippen molar-refractivity contribution in [3.8, 4) is 0 Å². The Morgan fingerprint density at radius 3 is 2.65 bits per heavy atom. The Balaban J connectivity index is 2.48. The first kappa shape index (κ1) is 16.2. The van der Waals surface area contributed by atoms with Crippen LogP contribution in [0.2, 0.25) is 0 Å². The number of carbonyl (C=O) groups excluding carboxylic acids is 1. The second kappa shape index (κ2) is 9.13. The third-order valence-electron chi connectivity index (χ3n) is 3.10. The van der Waals surface area contributed by atoms with Gasteiger partial charge in [0, 0.05) is 11.6 Å². The Hall–Kier alpha value is -1.84. The van der Waals surface area contributed by atoms with Crippen LogP contribution in [0.1, 0.15) is 55.5 Å². The molecule has 0 radical (unpaired) electrons. The summed E-state index contributed by atoms with van der Waals surface area (Å²) >= 11 is 0. The Morgan fingerprint density at radius 2 is 2.05 bits per heavy atom. The average molecular weight is 276 g/mol. The summed E-state index contributed by atoms with van der Waals surface area (Å²) in [6.07, 6.45) is 6.20. The summed E-state index contributed by atoms with van der Waals surface area (Å²) in [6.45, 7) is 4.23. The predicted molar refractivity (Wildman–Crippen MR) is 82.1 cm³/mol. The first-order valence-electron chi connectivity index (χ1n) is 7.14. The van der Waals surface area contributed by atoms with E-state index in [9.17, 15) is 4.79 Å². The highest BCUT2D eigenvalue weighted by molar-refractivity contribution is 5.95. The maximum Gasteiger partial charge on any atom is 0.251 e. The van der Waals surface area contributed by atoms with Gasteiger partial charge in [0.2, 0.25) is 0 Å². The largest absolute Gasteiger partial charge is 0.399 e. The molecule has 110 valence electrons. The number of hydrogen-bond acceptors (Lipinski definition) is 3. The van der Waals surface area contributed by atoms with Gasteiger partial charge >= 0.3 is 0 Å². The van der Waals surface area contributed by atoms with E-state index in [1.54, 1.807) is 18.3 Å². The minimum absolute atomic E-state index is 0.0239. The maximum absolute atomic E-state index is 12.0. The van der Waals surface area contributed by atoms with Gasteiger partial charge < -0.3 is 10.2 Å². The monoisotopic (exact) mass is 276 g/mol. The van der Waals surface area contributed by atoms with Crippen molar-refractivity contribution in [3.63, 3.8) is 0 Å². The number of amides is 1. The summed E-state index contributed by atoms with van der Waals surface area (Å²) in [4.78, 5) is 16.7. The average Bonchev–Trinajstić information content (AvgIpc) is 2.46. The van der Waals surface area contributed by atoms with Crippen LogP contribution >= 0.6 is 0 Å². The summed E-state index contributed by atoms with van der Waals surface area (Å²) in [5.74, 6) is -0.0239. The molecule has 1 N–H and O–H groups in total.